The number of ether oxygens (including phenoxy) is 1. The summed E-state index contributed by atoms with van der Waals surface area (Å²) in [5.74, 6) is 3.67. The second-order valence-electron chi connectivity index (χ2n) is 10.6. The van der Waals surface area contributed by atoms with Crippen molar-refractivity contribution in [1.82, 2.24) is 0 Å². The predicted octanol–water partition coefficient (Wildman–Crippen LogP) is 4.82. The minimum atomic E-state index is -0.0600. The molecule has 4 aliphatic carbocycles. The van der Waals surface area contributed by atoms with Gasteiger partial charge in [0.05, 0.1) is 19.1 Å². The average Bonchev–Trinajstić information content (AvgIpc) is 2.98. The SMILES string of the molecule is COC(=O)[C@@H](C)[C@@H]1CC[C@@H]2[C@H]3CC[C@H]4C[C@@H](O)CC[C@]4(C)[C@@H]3CC[C@@]21C. The molecule has 0 aromatic rings. The van der Waals surface area contributed by atoms with Crippen LogP contribution in [-0.2, 0) is 9.53 Å². The highest BCUT2D eigenvalue weighted by atomic mass is 16.5. The quantitative estimate of drug-likeness (QED) is 0.717. The number of carbonyl (C=O) groups is 1. The van der Waals surface area contributed by atoms with Crippen LogP contribution in [-0.4, -0.2) is 24.3 Å². The van der Waals surface area contributed by atoms with Crippen molar-refractivity contribution in [3.05, 3.63) is 0 Å². The highest BCUT2D eigenvalue weighted by molar-refractivity contribution is 5.72. The monoisotopic (exact) mass is 362 g/mol. The topological polar surface area (TPSA) is 46.5 Å². The van der Waals surface area contributed by atoms with Gasteiger partial charge in [-0.05, 0) is 98.2 Å². The molecule has 0 amide bonds. The zero-order valence-corrected chi connectivity index (χ0v) is 17.2. The second-order valence-corrected chi connectivity index (χ2v) is 10.6. The maximum absolute atomic E-state index is 12.2. The molecule has 3 heteroatoms. The first-order valence-corrected chi connectivity index (χ1v) is 11.1. The van der Waals surface area contributed by atoms with E-state index in [-0.39, 0.29) is 18.0 Å². The summed E-state index contributed by atoms with van der Waals surface area (Å²) >= 11 is 0. The number of hydrogen-bond acceptors (Lipinski definition) is 3. The number of rotatable bonds is 2. The molecule has 9 atom stereocenters. The molecule has 0 aliphatic heterocycles. The lowest BCUT2D eigenvalue weighted by atomic mass is 9.44. The van der Waals surface area contributed by atoms with Crippen molar-refractivity contribution in [2.45, 2.75) is 84.7 Å². The fourth-order valence-corrected chi connectivity index (χ4v) is 8.45. The van der Waals surface area contributed by atoms with Gasteiger partial charge >= 0.3 is 5.97 Å². The van der Waals surface area contributed by atoms with Gasteiger partial charge in [0, 0.05) is 0 Å². The summed E-state index contributed by atoms with van der Waals surface area (Å²) in [6.45, 7) is 7.13. The molecular formula is C23H38O3. The molecule has 0 aromatic heterocycles. The standard InChI is InChI=1S/C23H38O3/c1-14(21(25)26-4)18-7-8-19-17-6-5-15-13-16(24)9-11-22(15,2)20(17)10-12-23(18,19)3/h14-20,24H,5-13H2,1-4H3/t14-,15-,16-,17+,18-,19+,20+,22-,23+/m0/s1. The molecule has 4 fully saturated rings. The van der Waals surface area contributed by atoms with Crippen molar-refractivity contribution in [3.8, 4) is 0 Å². The van der Waals surface area contributed by atoms with Gasteiger partial charge in [-0.2, -0.15) is 0 Å². The molecule has 4 aliphatic rings. The Labute approximate surface area is 159 Å². The van der Waals surface area contributed by atoms with Crippen molar-refractivity contribution in [2.75, 3.05) is 7.11 Å². The number of esters is 1. The van der Waals surface area contributed by atoms with Gasteiger partial charge in [-0.3, -0.25) is 4.79 Å². The zero-order chi connectivity index (χ0) is 18.7. The lowest BCUT2D eigenvalue weighted by Gasteiger charge is -2.61. The zero-order valence-electron chi connectivity index (χ0n) is 17.2. The number of carbonyl (C=O) groups excluding carboxylic acids is 1. The molecule has 4 rings (SSSR count). The van der Waals surface area contributed by atoms with Crippen molar-refractivity contribution >= 4 is 5.97 Å². The van der Waals surface area contributed by atoms with E-state index in [1.54, 1.807) is 0 Å². The summed E-state index contributed by atoms with van der Waals surface area (Å²) in [6.07, 6.45) is 10.9. The van der Waals surface area contributed by atoms with Crippen LogP contribution in [0.15, 0.2) is 0 Å². The third-order valence-electron chi connectivity index (χ3n) is 9.89. The van der Waals surface area contributed by atoms with Crippen molar-refractivity contribution < 1.29 is 14.6 Å². The fourth-order valence-electron chi connectivity index (χ4n) is 8.45. The Hall–Kier alpha value is -0.570. The molecular weight excluding hydrogens is 324 g/mol. The maximum atomic E-state index is 12.2. The van der Waals surface area contributed by atoms with Gasteiger partial charge in [0.2, 0.25) is 0 Å². The summed E-state index contributed by atoms with van der Waals surface area (Å²) < 4.78 is 5.09. The van der Waals surface area contributed by atoms with E-state index < -0.39 is 0 Å². The lowest BCUT2D eigenvalue weighted by Crippen LogP contribution is -2.54. The molecule has 26 heavy (non-hydrogen) atoms. The van der Waals surface area contributed by atoms with Gasteiger partial charge in [-0.15, -0.1) is 0 Å². The number of hydrogen-bond donors (Lipinski definition) is 1. The van der Waals surface area contributed by atoms with Crippen LogP contribution in [0.5, 0.6) is 0 Å². The highest BCUT2D eigenvalue weighted by Crippen LogP contribution is 2.68. The van der Waals surface area contributed by atoms with E-state index in [4.69, 9.17) is 4.74 Å². The Balaban J connectivity index is 1.57. The number of aliphatic hydroxyl groups excluding tert-OH is 1. The molecule has 0 heterocycles. The van der Waals surface area contributed by atoms with Gasteiger partial charge in [-0.1, -0.05) is 20.8 Å². The highest BCUT2D eigenvalue weighted by Gasteiger charge is 2.61. The first-order valence-electron chi connectivity index (χ1n) is 11.1. The summed E-state index contributed by atoms with van der Waals surface area (Å²) in [7, 11) is 1.53. The van der Waals surface area contributed by atoms with Crippen molar-refractivity contribution in [1.29, 1.82) is 0 Å². The summed E-state index contributed by atoms with van der Waals surface area (Å²) in [5, 5.41) is 10.2. The lowest BCUT2D eigenvalue weighted by molar-refractivity contribution is -0.153. The van der Waals surface area contributed by atoms with Crippen molar-refractivity contribution in [2.24, 2.45) is 46.3 Å². The van der Waals surface area contributed by atoms with Crippen LogP contribution in [0.2, 0.25) is 0 Å². The average molecular weight is 363 g/mol. The van der Waals surface area contributed by atoms with E-state index in [0.29, 0.717) is 16.7 Å². The van der Waals surface area contributed by atoms with E-state index in [1.165, 1.54) is 52.1 Å². The van der Waals surface area contributed by atoms with Gasteiger partial charge in [0.1, 0.15) is 0 Å². The minimum Gasteiger partial charge on any atom is -0.469 e. The molecule has 1 N–H and O–H groups in total. The largest absolute Gasteiger partial charge is 0.469 e. The Kier molecular flexibility index (Phi) is 4.69. The smallest absolute Gasteiger partial charge is 0.308 e. The van der Waals surface area contributed by atoms with Crippen LogP contribution in [0.25, 0.3) is 0 Å². The summed E-state index contributed by atoms with van der Waals surface area (Å²) in [6, 6.07) is 0. The first kappa shape index (κ1) is 18.8. The molecule has 0 saturated heterocycles. The van der Waals surface area contributed by atoms with E-state index in [2.05, 4.69) is 20.8 Å². The molecule has 0 spiro atoms. The number of fused-ring (bicyclic) bond motifs is 5. The second kappa shape index (κ2) is 6.50. The third-order valence-corrected chi connectivity index (χ3v) is 9.89. The predicted molar refractivity (Wildman–Crippen MR) is 102 cm³/mol. The van der Waals surface area contributed by atoms with Crippen LogP contribution in [0.3, 0.4) is 0 Å². The Morgan fingerprint density at radius 2 is 1.69 bits per heavy atom. The Morgan fingerprint density at radius 3 is 2.42 bits per heavy atom. The molecule has 0 radical (unpaired) electrons. The van der Waals surface area contributed by atoms with E-state index in [0.717, 1.165) is 36.5 Å². The maximum Gasteiger partial charge on any atom is 0.308 e. The fraction of sp³-hybridized carbons (Fsp3) is 0.957. The first-order chi connectivity index (χ1) is 12.3. The molecule has 0 bridgehead atoms. The minimum absolute atomic E-state index is 0.0177. The normalized spacial score (nSPS) is 51.7. The van der Waals surface area contributed by atoms with Crippen LogP contribution in [0.1, 0.15) is 78.6 Å². The van der Waals surface area contributed by atoms with E-state index >= 15 is 0 Å². The summed E-state index contributed by atoms with van der Waals surface area (Å²) in [5.41, 5.74) is 0.752. The van der Waals surface area contributed by atoms with Gasteiger partial charge in [0.25, 0.3) is 0 Å². The number of methoxy groups -OCH3 is 1. The molecule has 0 aromatic carbocycles. The van der Waals surface area contributed by atoms with Crippen LogP contribution < -0.4 is 0 Å². The van der Waals surface area contributed by atoms with Gasteiger partial charge < -0.3 is 9.84 Å². The molecule has 3 nitrogen and oxygen atoms in total. The molecule has 148 valence electrons. The van der Waals surface area contributed by atoms with Crippen LogP contribution >= 0.6 is 0 Å². The summed E-state index contributed by atoms with van der Waals surface area (Å²) in [4.78, 5) is 12.2. The van der Waals surface area contributed by atoms with E-state index in [9.17, 15) is 9.90 Å². The number of aliphatic hydroxyl groups is 1. The van der Waals surface area contributed by atoms with Crippen LogP contribution in [0.4, 0.5) is 0 Å². The van der Waals surface area contributed by atoms with Gasteiger partial charge in [-0.25, -0.2) is 0 Å². The Morgan fingerprint density at radius 1 is 1.00 bits per heavy atom. The van der Waals surface area contributed by atoms with Crippen LogP contribution in [0, 0.1) is 46.3 Å². The third kappa shape index (κ3) is 2.59. The van der Waals surface area contributed by atoms with Gasteiger partial charge in [0.15, 0.2) is 0 Å². The van der Waals surface area contributed by atoms with Crippen molar-refractivity contribution in [3.63, 3.8) is 0 Å². The molecule has 4 saturated carbocycles. The van der Waals surface area contributed by atoms with E-state index in [1.807, 2.05) is 0 Å². The Bertz CT molecular complexity index is 560. The molecule has 0 unspecified atom stereocenters.